The molecule has 0 aliphatic heterocycles. The first-order valence-electron chi connectivity index (χ1n) is 6.08. The third-order valence-electron chi connectivity index (χ3n) is 3.37. The fourth-order valence-electron chi connectivity index (χ4n) is 2.39. The molecule has 19 heavy (non-hydrogen) atoms. The Morgan fingerprint density at radius 1 is 0.947 bits per heavy atom. The maximum atomic E-state index is 12.4. The standard InChI is InChI=1S/C17H11NO/c1-11-6-8-12(9-7-11)16-15(10-18)13-4-2-3-5-14(13)17(16)19/h2-9H,1H3. The van der Waals surface area contributed by atoms with Gasteiger partial charge in [-0.05, 0) is 12.5 Å². The molecule has 0 fully saturated rings. The lowest BCUT2D eigenvalue weighted by Crippen LogP contribution is -1.98. The topological polar surface area (TPSA) is 40.9 Å². The molecular weight excluding hydrogens is 234 g/mol. The van der Waals surface area contributed by atoms with Crippen molar-refractivity contribution in [3.63, 3.8) is 0 Å². The first kappa shape index (κ1) is 11.4. The highest BCUT2D eigenvalue weighted by molar-refractivity contribution is 6.41. The van der Waals surface area contributed by atoms with Crippen molar-refractivity contribution in [2.75, 3.05) is 0 Å². The maximum Gasteiger partial charge on any atom is 0.195 e. The van der Waals surface area contributed by atoms with Gasteiger partial charge in [0, 0.05) is 16.7 Å². The molecule has 0 N–H and O–H groups in total. The molecule has 0 saturated heterocycles. The van der Waals surface area contributed by atoms with Crippen molar-refractivity contribution in [2.24, 2.45) is 0 Å². The van der Waals surface area contributed by atoms with Crippen LogP contribution in [0.1, 0.15) is 27.0 Å². The van der Waals surface area contributed by atoms with Crippen molar-refractivity contribution in [2.45, 2.75) is 6.92 Å². The molecule has 2 nitrogen and oxygen atoms in total. The monoisotopic (exact) mass is 245 g/mol. The van der Waals surface area contributed by atoms with Gasteiger partial charge in [0.25, 0.3) is 0 Å². The summed E-state index contributed by atoms with van der Waals surface area (Å²) >= 11 is 0. The summed E-state index contributed by atoms with van der Waals surface area (Å²) in [6.45, 7) is 1.99. The Morgan fingerprint density at radius 2 is 1.58 bits per heavy atom. The van der Waals surface area contributed by atoms with E-state index < -0.39 is 0 Å². The summed E-state index contributed by atoms with van der Waals surface area (Å²) in [4.78, 5) is 12.4. The Kier molecular flexibility index (Phi) is 2.54. The molecule has 0 radical (unpaired) electrons. The number of hydrogen-bond donors (Lipinski definition) is 0. The number of benzene rings is 2. The average molecular weight is 245 g/mol. The van der Waals surface area contributed by atoms with Gasteiger partial charge in [0.05, 0.1) is 5.57 Å². The van der Waals surface area contributed by atoms with Crippen molar-refractivity contribution < 1.29 is 4.79 Å². The Labute approximate surface area is 111 Å². The van der Waals surface area contributed by atoms with Crippen LogP contribution in [0.4, 0.5) is 0 Å². The summed E-state index contributed by atoms with van der Waals surface area (Å²) in [6.07, 6.45) is 0. The summed E-state index contributed by atoms with van der Waals surface area (Å²) in [5.41, 5.74) is 4.29. The Balaban J connectivity index is 2.24. The van der Waals surface area contributed by atoms with Gasteiger partial charge in [0.1, 0.15) is 6.07 Å². The molecule has 2 heteroatoms. The largest absolute Gasteiger partial charge is 0.289 e. The van der Waals surface area contributed by atoms with Gasteiger partial charge in [0.15, 0.2) is 5.78 Å². The van der Waals surface area contributed by atoms with E-state index in [0.717, 1.165) is 16.7 Å². The highest BCUT2D eigenvalue weighted by Crippen LogP contribution is 2.37. The van der Waals surface area contributed by atoms with Gasteiger partial charge >= 0.3 is 0 Å². The van der Waals surface area contributed by atoms with E-state index in [1.807, 2.05) is 49.4 Å². The molecule has 0 bridgehead atoms. The molecule has 0 amide bonds. The van der Waals surface area contributed by atoms with Crippen LogP contribution in [0.15, 0.2) is 48.5 Å². The second-order valence-corrected chi connectivity index (χ2v) is 4.60. The van der Waals surface area contributed by atoms with Gasteiger partial charge < -0.3 is 0 Å². The second kappa shape index (κ2) is 4.22. The van der Waals surface area contributed by atoms with Gasteiger partial charge in [-0.2, -0.15) is 5.26 Å². The van der Waals surface area contributed by atoms with Crippen molar-refractivity contribution >= 4 is 16.9 Å². The molecule has 0 spiro atoms. The number of fused-ring (bicyclic) bond motifs is 1. The van der Waals surface area contributed by atoms with Crippen LogP contribution >= 0.6 is 0 Å². The van der Waals surface area contributed by atoms with Gasteiger partial charge in [-0.25, -0.2) is 0 Å². The summed E-state index contributed by atoms with van der Waals surface area (Å²) in [6, 6.07) is 17.1. The predicted molar refractivity (Wildman–Crippen MR) is 74.4 cm³/mol. The molecule has 3 rings (SSSR count). The molecule has 0 saturated carbocycles. The van der Waals surface area contributed by atoms with E-state index in [9.17, 15) is 10.1 Å². The van der Waals surface area contributed by atoms with Crippen LogP contribution in [-0.4, -0.2) is 5.78 Å². The average Bonchev–Trinajstić information content (AvgIpc) is 2.73. The predicted octanol–water partition coefficient (Wildman–Crippen LogP) is 3.63. The third kappa shape index (κ3) is 1.68. The lowest BCUT2D eigenvalue weighted by atomic mass is 9.99. The third-order valence-corrected chi connectivity index (χ3v) is 3.37. The number of hydrogen-bond acceptors (Lipinski definition) is 2. The van der Waals surface area contributed by atoms with Crippen LogP contribution in [0.2, 0.25) is 0 Å². The first-order chi connectivity index (χ1) is 9.22. The van der Waals surface area contributed by atoms with Crippen LogP contribution in [0.25, 0.3) is 11.1 Å². The molecule has 90 valence electrons. The Bertz CT molecular complexity index is 746. The van der Waals surface area contributed by atoms with Crippen LogP contribution in [0.5, 0.6) is 0 Å². The quantitative estimate of drug-likeness (QED) is 0.769. The fraction of sp³-hybridized carbons (Fsp3) is 0.0588. The van der Waals surface area contributed by atoms with Gasteiger partial charge in [0.2, 0.25) is 0 Å². The number of allylic oxidation sites excluding steroid dienone is 2. The van der Waals surface area contributed by atoms with E-state index in [1.165, 1.54) is 0 Å². The molecule has 2 aromatic carbocycles. The second-order valence-electron chi connectivity index (χ2n) is 4.60. The molecule has 0 heterocycles. The lowest BCUT2D eigenvalue weighted by molar-refractivity contribution is 0.105. The molecular formula is C17H11NO. The molecule has 0 unspecified atom stereocenters. The number of nitriles is 1. The van der Waals surface area contributed by atoms with E-state index >= 15 is 0 Å². The minimum Gasteiger partial charge on any atom is -0.289 e. The van der Waals surface area contributed by atoms with Gasteiger partial charge in [-0.15, -0.1) is 0 Å². The van der Waals surface area contributed by atoms with E-state index in [1.54, 1.807) is 6.07 Å². The number of aryl methyl sites for hydroxylation is 1. The van der Waals surface area contributed by atoms with E-state index in [0.29, 0.717) is 16.7 Å². The number of Topliss-reactive ketones (excluding diaryl/α,β-unsaturated/α-hetero) is 1. The van der Waals surface area contributed by atoms with Crippen LogP contribution in [0.3, 0.4) is 0 Å². The van der Waals surface area contributed by atoms with Crippen molar-refractivity contribution in [1.29, 1.82) is 5.26 Å². The first-order valence-corrected chi connectivity index (χ1v) is 6.08. The van der Waals surface area contributed by atoms with E-state index in [2.05, 4.69) is 6.07 Å². The SMILES string of the molecule is Cc1ccc(C2=C(C#N)c3ccccc3C2=O)cc1. The number of carbonyl (C=O) groups excluding carboxylic acids is 1. The van der Waals surface area contributed by atoms with Crippen molar-refractivity contribution in [3.05, 3.63) is 70.8 Å². The van der Waals surface area contributed by atoms with E-state index in [-0.39, 0.29) is 5.78 Å². The molecule has 0 aromatic heterocycles. The highest BCUT2D eigenvalue weighted by Gasteiger charge is 2.30. The minimum atomic E-state index is -0.0593. The molecule has 0 atom stereocenters. The normalized spacial score (nSPS) is 13.4. The van der Waals surface area contributed by atoms with Crippen LogP contribution in [0, 0.1) is 18.3 Å². The molecule has 1 aliphatic carbocycles. The van der Waals surface area contributed by atoms with Crippen molar-refractivity contribution in [1.82, 2.24) is 0 Å². The smallest absolute Gasteiger partial charge is 0.195 e. The summed E-state index contributed by atoms with van der Waals surface area (Å²) in [7, 11) is 0. The zero-order valence-corrected chi connectivity index (χ0v) is 10.5. The highest BCUT2D eigenvalue weighted by atomic mass is 16.1. The Hall–Kier alpha value is -2.66. The van der Waals surface area contributed by atoms with Crippen LogP contribution < -0.4 is 0 Å². The molecule has 1 aliphatic rings. The summed E-state index contributed by atoms with van der Waals surface area (Å²) < 4.78 is 0. The number of ketones is 1. The van der Waals surface area contributed by atoms with E-state index in [4.69, 9.17) is 0 Å². The zero-order chi connectivity index (χ0) is 13.4. The lowest BCUT2D eigenvalue weighted by Gasteiger charge is -2.02. The Morgan fingerprint density at radius 3 is 2.21 bits per heavy atom. The van der Waals surface area contributed by atoms with Crippen LogP contribution in [-0.2, 0) is 0 Å². The summed E-state index contributed by atoms with van der Waals surface area (Å²) in [5.74, 6) is -0.0593. The van der Waals surface area contributed by atoms with Gasteiger partial charge in [-0.1, -0.05) is 54.1 Å². The number of carbonyl (C=O) groups is 1. The summed E-state index contributed by atoms with van der Waals surface area (Å²) in [5, 5.41) is 9.36. The van der Waals surface area contributed by atoms with Crippen molar-refractivity contribution in [3.8, 4) is 6.07 Å². The maximum absolute atomic E-state index is 12.4. The number of nitrogens with zero attached hydrogens (tertiary/aromatic N) is 1. The fourth-order valence-corrected chi connectivity index (χ4v) is 2.39. The minimum absolute atomic E-state index is 0.0593. The number of rotatable bonds is 1. The zero-order valence-electron chi connectivity index (χ0n) is 10.5. The molecule has 2 aromatic rings. The van der Waals surface area contributed by atoms with Gasteiger partial charge in [-0.3, -0.25) is 4.79 Å².